The molecule has 1 aliphatic heterocycles. The fourth-order valence-electron chi connectivity index (χ4n) is 4.24. The minimum atomic E-state index is 0.401. The molecular formula is C12H22OSi. The summed E-state index contributed by atoms with van der Waals surface area (Å²) in [4.78, 5) is 0. The Balaban J connectivity index is 1.74. The number of ether oxygens (including phenoxy) is 1. The maximum absolute atomic E-state index is 6.16. The molecule has 1 heterocycles. The quantitative estimate of drug-likeness (QED) is 0.599. The van der Waals surface area contributed by atoms with Crippen molar-refractivity contribution < 1.29 is 4.74 Å². The Hall–Kier alpha value is 0.177. The van der Waals surface area contributed by atoms with Gasteiger partial charge in [0.05, 0.1) is 5.22 Å². The second kappa shape index (κ2) is 3.34. The van der Waals surface area contributed by atoms with Gasteiger partial charge in [0, 0.05) is 16.8 Å². The lowest BCUT2D eigenvalue weighted by Crippen LogP contribution is -2.46. The highest BCUT2D eigenvalue weighted by Crippen LogP contribution is 2.53. The maximum atomic E-state index is 6.16. The van der Waals surface area contributed by atoms with Crippen LogP contribution in [0.5, 0.6) is 0 Å². The summed E-state index contributed by atoms with van der Waals surface area (Å²) in [5.74, 6) is 3.10. The van der Waals surface area contributed by atoms with E-state index in [0.29, 0.717) is 5.22 Å². The molecule has 2 aliphatic carbocycles. The van der Waals surface area contributed by atoms with Crippen molar-refractivity contribution >= 4 is 10.2 Å². The summed E-state index contributed by atoms with van der Waals surface area (Å²) in [6.45, 7) is 1.05. The molecule has 3 rings (SSSR count). The van der Waals surface area contributed by atoms with E-state index in [2.05, 4.69) is 0 Å². The zero-order valence-electron chi connectivity index (χ0n) is 9.30. The third-order valence-corrected chi connectivity index (χ3v) is 6.55. The highest BCUT2D eigenvalue weighted by molar-refractivity contribution is 6.14. The molecule has 1 nitrogen and oxygen atoms in total. The molecule has 4 unspecified atom stereocenters. The van der Waals surface area contributed by atoms with E-state index in [9.17, 15) is 0 Å². The molecule has 0 N–H and O–H groups in total. The summed E-state index contributed by atoms with van der Waals surface area (Å²) >= 11 is 0. The molecule has 80 valence electrons. The Morgan fingerprint density at radius 2 is 2.07 bits per heavy atom. The van der Waals surface area contributed by atoms with Gasteiger partial charge >= 0.3 is 0 Å². The van der Waals surface area contributed by atoms with Crippen LogP contribution >= 0.6 is 0 Å². The molecule has 2 bridgehead atoms. The third-order valence-electron chi connectivity index (χ3n) is 5.02. The van der Waals surface area contributed by atoms with Crippen molar-refractivity contribution in [2.24, 2.45) is 17.8 Å². The first kappa shape index (κ1) is 9.41. The van der Waals surface area contributed by atoms with Crippen LogP contribution in [0.1, 0.15) is 44.9 Å². The number of hydrogen-bond acceptors (Lipinski definition) is 1. The van der Waals surface area contributed by atoms with Gasteiger partial charge in [0.1, 0.15) is 0 Å². The molecule has 3 fully saturated rings. The van der Waals surface area contributed by atoms with Crippen molar-refractivity contribution in [1.29, 1.82) is 0 Å². The van der Waals surface area contributed by atoms with E-state index in [1.807, 2.05) is 0 Å². The number of hydrogen-bond donors (Lipinski definition) is 0. The highest BCUT2D eigenvalue weighted by atomic mass is 28.1. The summed E-state index contributed by atoms with van der Waals surface area (Å²) in [6, 6.07) is 0. The molecule has 3 aliphatic rings. The second-order valence-corrected chi connectivity index (χ2v) is 7.59. The molecule has 1 saturated heterocycles. The minimum absolute atomic E-state index is 0.401. The fourth-order valence-corrected chi connectivity index (χ4v) is 5.51. The van der Waals surface area contributed by atoms with Crippen LogP contribution in [0.4, 0.5) is 0 Å². The molecule has 0 amide bonds. The van der Waals surface area contributed by atoms with Crippen LogP contribution in [0.2, 0.25) is 0 Å². The SMILES string of the molecule is [SiH3]C1(C2CC3CCC2C3)CCCCO1. The molecule has 2 saturated carbocycles. The maximum Gasteiger partial charge on any atom is 0.0516 e. The van der Waals surface area contributed by atoms with Gasteiger partial charge < -0.3 is 4.74 Å². The first-order valence-corrected chi connectivity index (χ1v) is 7.42. The number of rotatable bonds is 1. The highest BCUT2D eigenvalue weighted by Gasteiger charge is 2.49. The van der Waals surface area contributed by atoms with E-state index in [0.717, 1.165) is 24.4 Å². The monoisotopic (exact) mass is 210 g/mol. The summed E-state index contributed by atoms with van der Waals surface area (Å²) in [6.07, 6.45) is 10.2. The van der Waals surface area contributed by atoms with Crippen molar-refractivity contribution in [2.75, 3.05) is 6.61 Å². The van der Waals surface area contributed by atoms with E-state index in [-0.39, 0.29) is 0 Å². The molecule has 0 aromatic rings. The lowest BCUT2D eigenvalue weighted by atomic mass is 9.81. The summed E-state index contributed by atoms with van der Waals surface area (Å²) < 4.78 is 6.16. The fraction of sp³-hybridized carbons (Fsp3) is 1.00. The van der Waals surface area contributed by atoms with Gasteiger partial charge in [0.15, 0.2) is 0 Å². The van der Waals surface area contributed by atoms with Crippen LogP contribution in [0, 0.1) is 17.8 Å². The number of fused-ring (bicyclic) bond motifs is 2. The van der Waals surface area contributed by atoms with Crippen LogP contribution in [0.15, 0.2) is 0 Å². The smallest absolute Gasteiger partial charge is 0.0516 e. The topological polar surface area (TPSA) is 9.23 Å². The van der Waals surface area contributed by atoms with Gasteiger partial charge in [-0.15, -0.1) is 0 Å². The molecule has 0 spiro atoms. The summed E-state index contributed by atoms with van der Waals surface area (Å²) in [5.41, 5.74) is 0. The lowest BCUT2D eigenvalue weighted by molar-refractivity contribution is -0.0697. The third kappa shape index (κ3) is 1.38. The molecular weight excluding hydrogens is 188 g/mol. The molecule has 2 heteroatoms. The Bertz CT molecular complexity index is 222. The Morgan fingerprint density at radius 1 is 1.14 bits per heavy atom. The molecule has 0 aromatic carbocycles. The van der Waals surface area contributed by atoms with Crippen LogP contribution in [-0.2, 0) is 4.74 Å². The minimum Gasteiger partial charge on any atom is -0.379 e. The van der Waals surface area contributed by atoms with Crippen LogP contribution in [-0.4, -0.2) is 22.1 Å². The van der Waals surface area contributed by atoms with Gasteiger partial charge in [-0.25, -0.2) is 0 Å². The molecule has 0 aromatic heterocycles. The van der Waals surface area contributed by atoms with Crippen LogP contribution < -0.4 is 0 Å². The molecule has 0 radical (unpaired) electrons. The summed E-state index contributed by atoms with van der Waals surface area (Å²) in [7, 11) is 1.26. The predicted molar refractivity (Wildman–Crippen MR) is 61.4 cm³/mol. The van der Waals surface area contributed by atoms with Crippen LogP contribution in [0.25, 0.3) is 0 Å². The van der Waals surface area contributed by atoms with Crippen molar-refractivity contribution in [1.82, 2.24) is 0 Å². The van der Waals surface area contributed by atoms with Gasteiger partial charge in [-0.2, -0.15) is 0 Å². The normalized spacial score (nSPS) is 52.7. The van der Waals surface area contributed by atoms with Gasteiger partial charge in [0.2, 0.25) is 0 Å². The van der Waals surface area contributed by atoms with E-state index in [1.54, 1.807) is 0 Å². The zero-order chi connectivity index (χ0) is 9.60. The zero-order valence-corrected chi connectivity index (χ0v) is 11.3. The van der Waals surface area contributed by atoms with Crippen molar-refractivity contribution in [3.8, 4) is 0 Å². The van der Waals surface area contributed by atoms with E-state index in [1.165, 1.54) is 55.2 Å². The van der Waals surface area contributed by atoms with Gasteiger partial charge in [0.25, 0.3) is 0 Å². The van der Waals surface area contributed by atoms with E-state index < -0.39 is 0 Å². The first-order chi connectivity index (χ1) is 6.78. The van der Waals surface area contributed by atoms with Gasteiger partial charge in [-0.1, -0.05) is 6.42 Å². The molecule has 4 atom stereocenters. The van der Waals surface area contributed by atoms with Gasteiger partial charge in [-0.3, -0.25) is 0 Å². The van der Waals surface area contributed by atoms with Crippen molar-refractivity contribution in [3.63, 3.8) is 0 Å². The Morgan fingerprint density at radius 3 is 2.64 bits per heavy atom. The largest absolute Gasteiger partial charge is 0.379 e. The standard InChI is InChI=1S/C12H22OSi/c14-12(5-1-2-6-13-12)11-8-9-3-4-10(11)7-9/h9-11H,1-8H2,14H3. The second-order valence-electron chi connectivity index (χ2n) is 5.90. The molecule has 14 heavy (non-hydrogen) atoms. The Labute approximate surface area is 90.0 Å². The average Bonchev–Trinajstić information content (AvgIpc) is 2.80. The Kier molecular flexibility index (Phi) is 2.25. The predicted octanol–water partition coefficient (Wildman–Crippen LogP) is 1.68. The lowest BCUT2D eigenvalue weighted by Gasteiger charge is -2.43. The average molecular weight is 210 g/mol. The van der Waals surface area contributed by atoms with Crippen LogP contribution in [0.3, 0.4) is 0 Å². The van der Waals surface area contributed by atoms with Gasteiger partial charge in [-0.05, 0) is 56.3 Å². The van der Waals surface area contributed by atoms with E-state index in [4.69, 9.17) is 4.74 Å². The van der Waals surface area contributed by atoms with E-state index >= 15 is 0 Å². The van der Waals surface area contributed by atoms with Crippen molar-refractivity contribution in [2.45, 2.75) is 50.2 Å². The summed E-state index contributed by atoms with van der Waals surface area (Å²) in [5, 5.41) is 0.401. The van der Waals surface area contributed by atoms with Crippen molar-refractivity contribution in [3.05, 3.63) is 0 Å². The first-order valence-electron chi connectivity index (χ1n) is 6.42.